The van der Waals surface area contributed by atoms with Crippen molar-refractivity contribution in [3.05, 3.63) is 78.1 Å². The average Bonchev–Trinajstić information content (AvgIpc) is 2.49. The molecular formula is C17H13FN2. The van der Waals surface area contributed by atoms with E-state index in [2.05, 4.69) is 28.7 Å². The van der Waals surface area contributed by atoms with E-state index in [0.29, 0.717) is 0 Å². The highest BCUT2D eigenvalue weighted by molar-refractivity contribution is 5.99. The second kappa shape index (κ2) is 5.53. The Morgan fingerprint density at radius 3 is 2.45 bits per heavy atom. The van der Waals surface area contributed by atoms with Crippen LogP contribution in [0.25, 0.3) is 10.8 Å². The van der Waals surface area contributed by atoms with Crippen LogP contribution in [0.1, 0.15) is 5.56 Å². The largest absolute Gasteiger partial charge is 0.279 e. The number of fused-ring (bicyclic) bond motifs is 1. The van der Waals surface area contributed by atoms with Crippen LogP contribution < -0.4 is 5.43 Å². The van der Waals surface area contributed by atoms with Crippen molar-refractivity contribution in [3.63, 3.8) is 0 Å². The summed E-state index contributed by atoms with van der Waals surface area (Å²) in [7, 11) is 0. The quantitative estimate of drug-likeness (QED) is 0.549. The van der Waals surface area contributed by atoms with E-state index in [0.717, 1.165) is 16.6 Å². The molecule has 0 saturated heterocycles. The van der Waals surface area contributed by atoms with Gasteiger partial charge in [-0.25, -0.2) is 4.39 Å². The normalized spacial score (nSPS) is 11.1. The highest BCUT2D eigenvalue weighted by Crippen LogP contribution is 2.17. The van der Waals surface area contributed by atoms with E-state index < -0.39 is 0 Å². The zero-order valence-corrected chi connectivity index (χ0v) is 10.8. The number of anilines is 1. The molecule has 0 aliphatic rings. The molecule has 0 saturated carbocycles. The Bertz CT molecular complexity index is 743. The first-order valence-electron chi connectivity index (χ1n) is 6.35. The molecule has 0 atom stereocenters. The molecule has 0 aliphatic carbocycles. The predicted molar refractivity (Wildman–Crippen MR) is 81.6 cm³/mol. The molecule has 20 heavy (non-hydrogen) atoms. The SMILES string of the molecule is Fc1ccc(N/N=C/c2cccc3ccccc23)cc1. The number of benzene rings is 3. The molecule has 1 N–H and O–H groups in total. The van der Waals surface area contributed by atoms with E-state index in [-0.39, 0.29) is 5.82 Å². The number of hydrogen-bond donors (Lipinski definition) is 1. The molecule has 0 fully saturated rings. The minimum atomic E-state index is -0.256. The molecule has 0 heterocycles. The van der Waals surface area contributed by atoms with Crippen molar-refractivity contribution in [1.82, 2.24) is 0 Å². The van der Waals surface area contributed by atoms with Gasteiger partial charge in [-0.1, -0.05) is 42.5 Å². The van der Waals surface area contributed by atoms with Crippen molar-refractivity contribution in [1.29, 1.82) is 0 Å². The third-order valence-electron chi connectivity index (χ3n) is 3.06. The number of halogens is 1. The summed E-state index contributed by atoms with van der Waals surface area (Å²) in [5.41, 5.74) is 4.68. The smallest absolute Gasteiger partial charge is 0.123 e. The van der Waals surface area contributed by atoms with Gasteiger partial charge in [0.25, 0.3) is 0 Å². The minimum absolute atomic E-state index is 0.256. The average molecular weight is 264 g/mol. The summed E-state index contributed by atoms with van der Waals surface area (Å²) in [4.78, 5) is 0. The van der Waals surface area contributed by atoms with Gasteiger partial charge in [0.15, 0.2) is 0 Å². The number of hydrogen-bond acceptors (Lipinski definition) is 2. The van der Waals surface area contributed by atoms with Crippen molar-refractivity contribution < 1.29 is 4.39 Å². The Hall–Kier alpha value is -2.68. The predicted octanol–water partition coefficient (Wildman–Crippen LogP) is 4.42. The lowest BCUT2D eigenvalue weighted by atomic mass is 10.1. The Morgan fingerprint density at radius 1 is 0.850 bits per heavy atom. The van der Waals surface area contributed by atoms with Crippen LogP contribution in [0.3, 0.4) is 0 Å². The van der Waals surface area contributed by atoms with Gasteiger partial charge in [-0.3, -0.25) is 5.43 Å². The van der Waals surface area contributed by atoms with Crippen molar-refractivity contribution in [2.45, 2.75) is 0 Å². The lowest BCUT2D eigenvalue weighted by Gasteiger charge is -2.02. The van der Waals surface area contributed by atoms with Crippen molar-refractivity contribution in [2.75, 3.05) is 5.43 Å². The molecule has 0 spiro atoms. The molecule has 0 aromatic heterocycles. The van der Waals surface area contributed by atoms with Gasteiger partial charge in [-0.05, 0) is 35.0 Å². The Morgan fingerprint density at radius 2 is 1.60 bits per heavy atom. The third kappa shape index (κ3) is 2.67. The molecule has 0 amide bonds. The van der Waals surface area contributed by atoms with E-state index in [1.807, 2.05) is 24.3 Å². The molecule has 0 aliphatic heterocycles. The number of rotatable bonds is 3. The van der Waals surface area contributed by atoms with Crippen molar-refractivity contribution >= 4 is 22.7 Å². The molecular weight excluding hydrogens is 251 g/mol. The zero-order chi connectivity index (χ0) is 13.8. The van der Waals surface area contributed by atoms with E-state index in [4.69, 9.17) is 0 Å². The Balaban J connectivity index is 1.82. The fraction of sp³-hybridized carbons (Fsp3) is 0. The van der Waals surface area contributed by atoms with E-state index in [1.54, 1.807) is 18.3 Å². The summed E-state index contributed by atoms with van der Waals surface area (Å²) < 4.78 is 12.8. The summed E-state index contributed by atoms with van der Waals surface area (Å²) >= 11 is 0. The van der Waals surface area contributed by atoms with Crippen LogP contribution in [0.5, 0.6) is 0 Å². The van der Waals surface area contributed by atoms with Crippen LogP contribution in [-0.2, 0) is 0 Å². The molecule has 3 heteroatoms. The summed E-state index contributed by atoms with van der Waals surface area (Å²) in [5.74, 6) is -0.256. The molecule has 3 aromatic rings. The first-order chi connectivity index (χ1) is 9.83. The number of hydrazone groups is 1. The maximum atomic E-state index is 12.8. The van der Waals surface area contributed by atoms with Gasteiger partial charge in [-0.15, -0.1) is 0 Å². The summed E-state index contributed by atoms with van der Waals surface area (Å²) in [6, 6.07) is 20.3. The van der Waals surface area contributed by atoms with Crippen molar-refractivity contribution in [3.8, 4) is 0 Å². The van der Waals surface area contributed by atoms with Gasteiger partial charge in [0.1, 0.15) is 5.82 Å². The van der Waals surface area contributed by atoms with Crippen molar-refractivity contribution in [2.24, 2.45) is 5.10 Å². The van der Waals surface area contributed by atoms with E-state index in [1.165, 1.54) is 17.5 Å². The van der Waals surface area contributed by atoms with Gasteiger partial charge in [-0.2, -0.15) is 5.10 Å². The van der Waals surface area contributed by atoms with Crippen LogP contribution >= 0.6 is 0 Å². The third-order valence-corrected chi connectivity index (χ3v) is 3.06. The molecule has 3 aromatic carbocycles. The fourth-order valence-corrected chi connectivity index (χ4v) is 2.06. The van der Waals surface area contributed by atoms with Crippen LogP contribution in [0.2, 0.25) is 0 Å². The van der Waals surface area contributed by atoms with Crippen LogP contribution in [0.4, 0.5) is 10.1 Å². The van der Waals surface area contributed by atoms with E-state index in [9.17, 15) is 4.39 Å². The summed E-state index contributed by atoms with van der Waals surface area (Å²) in [6.07, 6.45) is 1.77. The molecule has 0 unspecified atom stereocenters. The Labute approximate surface area is 116 Å². The lowest BCUT2D eigenvalue weighted by molar-refractivity contribution is 0.628. The zero-order valence-electron chi connectivity index (χ0n) is 10.8. The van der Waals surface area contributed by atoms with Gasteiger partial charge in [0.05, 0.1) is 11.9 Å². The molecule has 0 radical (unpaired) electrons. The maximum Gasteiger partial charge on any atom is 0.123 e. The molecule has 98 valence electrons. The van der Waals surface area contributed by atoms with Gasteiger partial charge in [0.2, 0.25) is 0 Å². The number of nitrogens with one attached hydrogen (secondary N) is 1. The second-order valence-electron chi connectivity index (χ2n) is 4.45. The molecule has 0 bridgehead atoms. The number of nitrogens with zero attached hydrogens (tertiary/aromatic N) is 1. The molecule has 2 nitrogen and oxygen atoms in total. The van der Waals surface area contributed by atoms with Gasteiger partial charge in [0, 0.05) is 5.56 Å². The first-order valence-corrected chi connectivity index (χ1v) is 6.35. The standard InChI is InChI=1S/C17H13FN2/c18-15-8-10-16(11-9-15)20-19-12-14-6-3-5-13-4-1-2-7-17(13)14/h1-12,20H/b19-12+. The fourth-order valence-electron chi connectivity index (χ4n) is 2.06. The van der Waals surface area contributed by atoms with Crippen LogP contribution in [-0.4, -0.2) is 6.21 Å². The summed E-state index contributed by atoms with van der Waals surface area (Å²) in [5, 5.41) is 6.53. The first kappa shape index (κ1) is 12.4. The second-order valence-corrected chi connectivity index (χ2v) is 4.45. The monoisotopic (exact) mass is 264 g/mol. The molecule has 3 rings (SSSR count). The van der Waals surface area contributed by atoms with Crippen LogP contribution in [0.15, 0.2) is 71.8 Å². The van der Waals surface area contributed by atoms with E-state index >= 15 is 0 Å². The van der Waals surface area contributed by atoms with Gasteiger partial charge >= 0.3 is 0 Å². The summed E-state index contributed by atoms with van der Waals surface area (Å²) in [6.45, 7) is 0. The Kier molecular flexibility index (Phi) is 3.42. The van der Waals surface area contributed by atoms with Crippen LogP contribution in [0, 0.1) is 5.82 Å². The maximum absolute atomic E-state index is 12.8. The topological polar surface area (TPSA) is 24.4 Å². The minimum Gasteiger partial charge on any atom is -0.279 e. The highest BCUT2D eigenvalue weighted by atomic mass is 19.1. The lowest BCUT2D eigenvalue weighted by Crippen LogP contribution is -1.91. The van der Waals surface area contributed by atoms with Gasteiger partial charge < -0.3 is 0 Å². The highest BCUT2D eigenvalue weighted by Gasteiger charge is 1.97.